The molecular weight excluding hydrogens is 472 g/mol. The van der Waals surface area contributed by atoms with Crippen LogP contribution in [0.4, 0.5) is 0 Å². The zero-order valence-electron chi connectivity index (χ0n) is 17.3. The number of halogens is 2. The Kier molecular flexibility index (Phi) is 19.0. The number of unbranched alkanes of at least 4 members (excludes halogenated alkanes) is 3. The first kappa shape index (κ1) is 28.9. The summed E-state index contributed by atoms with van der Waals surface area (Å²) in [6.07, 6.45) is 8.59. The van der Waals surface area contributed by atoms with Crippen LogP contribution in [0, 0.1) is 0 Å². The Hall–Kier alpha value is -0.300. The minimum atomic E-state index is -0.0476. The third-order valence-electron chi connectivity index (χ3n) is 4.67. The number of nitrogens with zero attached hydrogens (tertiary/aromatic N) is 2. The number of rotatable bonds is 14. The third-order valence-corrected chi connectivity index (χ3v) is 4.67. The van der Waals surface area contributed by atoms with Crippen LogP contribution < -0.4 is 0 Å². The molecule has 6 heteroatoms. The first-order chi connectivity index (χ1) is 12.1. The number of benzene rings is 1. The van der Waals surface area contributed by atoms with Crippen LogP contribution in [0.1, 0.15) is 57.9 Å². The van der Waals surface area contributed by atoms with Gasteiger partial charge in [0.1, 0.15) is 0 Å². The molecule has 0 aliphatic carbocycles. The molecule has 0 saturated heterocycles. The van der Waals surface area contributed by atoms with Gasteiger partial charge in [-0.1, -0.05) is 32.8 Å². The fraction of sp³-hybridized carbons (Fsp3) is 0.714. The van der Waals surface area contributed by atoms with Gasteiger partial charge in [-0.3, -0.25) is 0 Å². The maximum absolute atomic E-state index is 9.53. The number of likely N-dealkylation sites (N-methyl/N-ethyl adjacent to an activating group) is 1. The molecule has 0 heterocycles. The average Bonchev–Trinajstić information content (AvgIpc) is 2.59. The van der Waals surface area contributed by atoms with E-state index in [2.05, 4.69) is 30.7 Å². The number of aromatic hydroxyl groups is 2. The lowest BCUT2D eigenvalue weighted by Gasteiger charge is -2.21. The highest BCUT2D eigenvalue weighted by atomic mass is 79.9. The SMILES string of the molecule is Br.Br.CCCN(CCC)CCCCCCN(C)CCc1ccc(O)c(O)c1. The second-order valence-corrected chi connectivity index (χ2v) is 7.13. The van der Waals surface area contributed by atoms with E-state index in [1.807, 2.05) is 6.07 Å². The zero-order chi connectivity index (χ0) is 18.5. The van der Waals surface area contributed by atoms with Gasteiger partial charge < -0.3 is 20.0 Å². The predicted molar refractivity (Wildman–Crippen MR) is 127 cm³/mol. The predicted octanol–water partition coefficient (Wildman–Crippen LogP) is 5.41. The highest BCUT2D eigenvalue weighted by molar-refractivity contribution is 8.93. The van der Waals surface area contributed by atoms with E-state index in [0.717, 1.165) is 25.1 Å². The Bertz CT molecular complexity index is 469. The minimum Gasteiger partial charge on any atom is -0.504 e. The molecule has 0 aliphatic heterocycles. The normalized spacial score (nSPS) is 10.7. The van der Waals surface area contributed by atoms with Gasteiger partial charge in [0.05, 0.1) is 0 Å². The molecule has 0 spiro atoms. The molecule has 4 nitrogen and oxygen atoms in total. The fourth-order valence-electron chi connectivity index (χ4n) is 3.19. The van der Waals surface area contributed by atoms with Crippen molar-refractivity contribution >= 4 is 34.0 Å². The highest BCUT2D eigenvalue weighted by Gasteiger charge is 2.04. The molecule has 0 amide bonds. The van der Waals surface area contributed by atoms with E-state index in [0.29, 0.717) is 0 Å². The summed E-state index contributed by atoms with van der Waals surface area (Å²) in [7, 11) is 2.16. The van der Waals surface area contributed by atoms with Crippen LogP contribution >= 0.6 is 34.0 Å². The Morgan fingerprint density at radius 3 is 1.89 bits per heavy atom. The molecule has 2 N–H and O–H groups in total. The molecule has 1 aromatic carbocycles. The highest BCUT2D eigenvalue weighted by Crippen LogP contribution is 2.25. The summed E-state index contributed by atoms with van der Waals surface area (Å²) in [5, 5.41) is 18.9. The monoisotopic (exact) mass is 510 g/mol. The topological polar surface area (TPSA) is 46.9 Å². The molecule has 1 aromatic rings. The average molecular weight is 512 g/mol. The number of hydrogen-bond acceptors (Lipinski definition) is 4. The van der Waals surface area contributed by atoms with Crippen molar-refractivity contribution in [3.63, 3.8) is 0 Å². The van der Waals surface area contributed by atoms with Crippen molar-refractivity contribution in [2.24, 2.45) is 0 Å². The number of phenolic OH excluding ortho intramolecular Hbond substituents is 2. The molecule has 0 saturated carbocycles. The van der Waals surface area contributed by atoms with Crippen molar-refractivity contribution in [2.45, 2.75) is 58.8 Å². The van der Waals surface area contributed by atoms with Gasteiger partial charge in [0, 0.05) is 6.54 Å². The third kappa shape index (κ3) is 13.5. The quantitative estimate of drug-likeness (QED) is 0.259. The van der Waals surface area contributed by atoms with E-state index >= 15 is 0 Å². The Balaban J connectivity index is 0. The van der Waals surface area contributed by atoms with E-state index in [4.69, 9.17) is 0 Å². The van der Waals surface area contributed by atoms with Crippen LogP contribution in [0.25, 0.3) is 0 Å². The van der Waals surface area contributed by atoms with E-state index < -0.39 is 0 Å². The van der Waals surface area contributed by atoms with Crippen molar-refractivity contribution in [1.29, 1.82) is 0 Å². The van der Waals surface area contributed by atoms with Gasteiger partial charge in [-0.25, -0.2) is 0 Å². The lowest BCUT2D eigenvalue weighted by atomic mass is 10.1. The molecule has 0 atom stereocenters. The molecule has 0 bridgehead atoms. The first-order valence-electron chi connectivity index (χ1n) is 9.98. The molecule has 0 aromatic heterocycles. The smallest absolute Gasteiger partial charge is 0.157 e. The molecular formula is C21H40Br2N2O2. The molecule has 160 valence electrons. The van der Waals surface area contributed by atoms with Crippen molar-refractivity contribution in [1.82, 2.24) is 9.80 Å². The number of hydrogen-bond donors (Lipinski definition) is 2. The van der Waals surface area contributed by atoms with Gasteiger partial charge in [-0.05, 0) is 83.0 Å². The molecule has 1 rings (SSSR count). The first-order valence-corrected chi connectivity index (χ1v) is 9.98. The van der Waals surface area contributed by atoms with Crippen molar-refractivity contribution < 1.29 is 10.2 Å². The lowest BCUT2D eigenvalue weighted by Crippen LogP contribution is -2.26. The largest absolute Gasteiger partial charge is 0.504 e. The van der Waals surface area contributed by atoms with Gasteiger partial charge in [0.25, 0.3) is 0 Å². The summed E-state index contributed by atoms with van der Waals surface area (Å²) in [6, 6.07) is 5.09. The summed E-state index contributed by atoms with van der Waals surface area (Å²) < 4.78 is 0. The molecule has 0 unspecified atom stereocenters. The van der Waals surface area contributed by atoms with Gasteiger partial charge in [0.15, 0.2) is 11.5 Å². The summed E-state index contributed by atoms with van der Waals surface area (Å²) in [6.45, 7) is 10.4. The van der Waals surface area contributed by atoms with E-state index in [1.54, 1.807) is 12.1 Å². The van der Waals surface area contributed by atoms with Gasteiger partial charge in [-0.15, -0.1) is 34.0 Å². The summed E-state index contributed by atoms with van der Waals surface area (Å²) in [5.41, 5.74) is 1.06. The lowest BCUT2D eigenvalue weighted by molar-refractivity contribution is 0.266. The van der Waals surface area contributed by atoms with Crippen LogP contribution in [0.2, 0.25) is 0 Å². The Morgan fingerprint density at radius 1 is 0.741 bits per heavy atom. The fourth-order valence-corrected chi connectivity index (χ4v) is 3.19. The van der Waals surface area contributed by atoms with E-state index in [9.17, 15) is 10.2 Å². The van der Waals surface area contributed by atoms with E-state index in [-0.39, 0.29) is 45.5 Å². The Morgan fingerprint density at radius 2 is 1.33 bits per heavy atom. The summed E-state index contributed by atoms with van der Waals surface area (Å²) in [5.74, 6) is -0.0751. The van der Waals surface area contributed by atoms with Crippen LogP contribution in [0.5, 0.6) is 11.5 Å². The molecule has 27 heavy (non-hydrogen) atoms. The minimum absolute atomic E-state index is 0. The standard InChI is InChI=1S/C21H38N2O2.2BrH/c1-4-13-23(14-5-2)16-9-7-6-8-15-22(3)17-12-19-10-11-20(24)21(25)18-19;;/h10-11,18,24-25H,4-9,12-17H2,1-3H3;2*1H. The second kappa shape index (κ2) is 17.8. The second-order valence-electron chi connectivity index (χ2n) is 7.13. The Labute approximate surface area is 187 Å². The van der Waals surface area contributed by atoms with Crippen molar-refractivity contribution in [3.05, 3.63) is 23.8 Å². The van der Waals surface area contributed by atoms with Crippen LogP contribution in [0.3, 0.4) is 0 Å². The summed E-state index contributed by atoms with van der Waals surface area (Å²) >= 11 is 0. The van der Waals surface area contributed by atoms with Gasteiger partial charge >= 0.3 is 0 Å². The maximum atomic E-state index is 9.53. The van der Waals surface area contributed by atoms with Crippen LogP contribution in [-0.2, 0) is 6.42 Å². The zero-order valence-corrected chi connectivity index (χ0v) is 20.7. The van der Waals surface area contributed by atoms with Gasteiger partial charge in [-0.2, -0.15) is 0 Å². The van der Waals surface area contributed by atoms with Crippen molar-refractivity contribution in [2.75, 3.05) is 39.8 Å². The molecule has 0 fully saturated rings. The number of phenols is 2. The van der Waals surface area contributed by atoms with E-state index in [1.165, 1.54) is 58.2 Å². The van der Waals surface area contributed by atoms with Crippen molar-refractivity contribution in [3.8, 4) is 11.5 Å². The summed E-state index contributed by atoms with van der Waals surface area (Å²) in [4.78, 5) is 4.95. The molecule has 0 radical (unpaired) electrons. The maximum Gasteiger partial charge on any atom is 0.157 e. The van der Waals surface area contributed by atoms with Gasteiger partial charge in [0.2, 0.25) is 0 Å². The van der Waals surface area contributed by atoms with Crippen LogP contribution in [0.15, 0.2) is 18.2 Å². The molecule has 0 aliphatic rings. The van der Waals surface area contributed by atoms with Crippen LogP contribution in [-0.4, -0.2) is 59.8 Å².